The molecule has 1 aromatic carbocycles. The number of carbonyl (C=O) groups is 12. The van der Waals surface area contributed by atoms with Gasteiger partial charge >= 0.3 is 5.97 Å². The molecule has 0 aliphatic carbocycles. The number of Topliss-reactive ketones (excluding diaryl/α,β-unsaturated/α-hetero) is 5. The molecule has 0 aromatic heterocycles. The number of hydrogen-bond donors (Lipinski definition) is 10. The van der Waals surface area contributed by atoms with E-state index >= 15 is 0 Å². The Bertz CT molecular complexity index is 2390. The Labute approximate surface area is 506 Å². The number of amides is 6. The topological polar surface area (TPSA) is 439 Å². The largest absolute Gasteiger partial charge is 0.481 e. The monoisotopic (exact) mass is 1250 g/mol. The van der Waals surface area contributed by atoms with E-state index in [0.29, 0.717) is 31.4 Å². The molecule has 2 saturated heterocycles. The normalized spacial score (nSPS) is 22.1. The molecule has 474 valence electrons. The molecular formula is C55H84N10O17S3. The van der Waals surface area contributed by atoms with Crippen molar-refractivity contribution in [2.24, 2.45) is 45.7 Å². The Morgan fingerprint density at radius 3 is 1.86 bits per heavy atom. The standard InChI is InChI=1S/C55H84N10O17S3/c56-15-5-4-13-41-54(78)65-44-33-85-84-32-43(64-53(77)38(27-50(73)74)24-40(67)28-61-51(75)36(25-46(44)69)11-6-16-60-55(58)59)47(70)26-37(23-35-9-2-1-3-10-35)52(76)63-42(31-83-34-49(72)62-41)45(68)14-8-18-80-20-22-81-21-19-79-17-7-12-39(66)29-82-30-48(57)71/h1-3,9-10,36-38,41-44H,4-8,11-34,56H2,(H2,57,71)(H,61,75)(H,62,72)(H,63,76)(H,64,77)(H,65,78)(H,73,74)(H4,58,59,60)/t36-,37-,38+,41+,42+,43+,44+/m1/s1. The van der Waals surface area contributed by atoms with E-state index in [1.54, 1.807) is 30.3 Å². The summed E-state index contributed by atoms with van der Waals surface area (Å²) in [6, 6.07) is 3.72. The first-order valence-corrected chi connectivity index (χ1v) is 31.9. The predicted molar refractivity (Wildman–Crippen MR) is 318 cm³/mol. The molecule has 0 saturated carbocycles. The first-order chi connectivity index (χ1) is 40.8. The lowest BCUT2D eigenvalue weighted by Crippen LogP contribution is -2.53. The number of carbonyl (C=O) groups excluding carboxylic acids is 11. The van der Waals surface area contributed by atoms with E-state index in [9.17, 15) is 62.6 Å². The highest BCUT2D eigenvalue weighted by atomic mass is 33.1. The van der Waals surface area contributed by atoms with Crippen LogP contribution in [0.1, 0.15) is 89.0 Å². The van der Waals surface area contributed by atoms with Gasteiger partial charge in [-0.2, -0.15) is 0 Å². The maximum absolute atomic E-state index is 14.7. The van der Waals surface area contributed by atoms with Gasteiger partial charge in [0.1, 0.15) is 19.3 Å². The number of ketones is 5. The van der Waals surface area contributed by atoms with Gasteiger partial charge in [-0.3, -0.25) is 62.5 Å². The molecule has 3 rings (SSSR count). The number of guanidine groups is 1. The van der Waals surface area contributed by atoms with Crippen LogP contribution in [0.15, 0.2) is 35.3 Å². The maximum Gasteiger partial charge on any atom is 0.304 e. The summed E-state index contributed by atoms with van der Waals surface area (Å²) in [5.41, 5.74) is 22.4. The highest BCUT2D eigenvalue weighted by Gasteiger charge is 2.35. The zero-order valence-corrected chi connectivity index (χ0v) is 50.3. The molecule has 6 amide bonds. The number of thioether (sulfide) groups is 1. The SMILES string of the molecule is NCCCC[C@@H]1NC(=O)CSC[C@@H](C(=O)CCCOCCOCCOCCCC(=O)COCC(N)=O)NC(=O)[C@H](Cc2ccccc2)CC(=O)[C@@H]2CSSC[C@H](NC1=O)C(=O)C[C@@H](CCCN=C(N)N)C(=O)NCC(=O)C[C@@H](CC(=O)O)C(=O)N2. The van der Waals surface area contributed by atoms with Crippen molar-refractivity contribution in [3.05, 3.63) is 35.9 Å². The van der Waals surface area contributed by atoms with Crippen molar-refractivity contribution < 1.29 is 81.6 Å². The molecule has 2 aliphatic rings. The second-order valence-electron chi connectivity index (χ2n) is 20.3. The Morgan fingerprint density at radius 2 is 1.24 bits per heavy atom. The molecule has 27 nitrogen and oxygen atoms in total. The van der Waals surface area contributed by atoms with Crippen LogP contribution in [0.25, 0.3) is 0 Å². The summed E-state index contributed by atoms with van der Waals surface area (Å²) < 4.78 is 21.6. The second-order valence-corrected chi connectivity index (χ2v) is 23.9. The van der Waals surface area contributed by atoms with Crippen LogP contribution in [0, 0.1) is 17.8 Å². The van der Waals surface area contributed by atoms with Crippen molar-refractivity contribution in [3.63, 3.8) is 0 Å². The molecule has 30 heteroatoms. The van der Waals surface area contributed by atoms with Crippen LogP contribution in [0.3, 0.4) is 0 Å². The maximum atomic E-state index is 14.7. The molecule has 2 aliphatic heterocycles. The quantitative estimate of drug-likeness (QED) is 0.0186. The number of hydrogen-bond acceptors (Lipinski definition) is 21. The van der Waals surface area contributed by atoms with Crippen LogP contribution in [0.2, 0.25) is 0 Å². The molecule has 2 bridgehead atoms. The molecule has 1 aromatic rings. The van der Waals surface area contributed by atoms with Gasteiger partial charge in [0.2, 0.25) is 35.4 Å². The van der Waals surface area contributed by atoms with Crippen LogP contribution >= 0.6 is 33.3 Å². The number of nitrogens with one attached hydrogen (secondary N) is 5. The molecule has 2 fully saturated rings. The van der Waals surface area contributed by atoms with Crippen molar-refractivity contribution in [2.75, 3.05) is 95.5 Å². The Morgan fingerprint density at radius 1 is 0.624 bits per heavy atom. The number of nitrogens with two attached hydrogens (primary N) is 4. The van der Waals surface area contributed by atoms with Gasteiger partial charge in [0.15, 0.2) is 34.9 Å². The van der Waals surface area contributed by atoms with Crippen molar-refractivity contribution in [3.8, 4) is 0 Å². The van der Waals surface area contributed by atoms with Crippen LogP contribution in [-0.2, 0) is 82.9 Å². The average Bonchev–Trinajstić information content (AvgIpc) is 3.45. The van der Waals surface area contributed by atoms with Gasteiger partial charge in [-0.05, 0) is 63.5 Å². The number of benzene rings is 1. The number of fused-ring (bicyclic) bond motifs is 5. The van der Waals surface area contributed by atoms with E-state index in [1.807, 2.05) is 0 Å². The average molecular weight is 1250 g/mol. The molecule has 14 N–H and O–H groups in total. The first-order valence-electron chi connectivity index (χ1n) is 28.3. The summed E-state index contributed by atoms with van der Waals surface area (Å²) in [6.07, 6.45) is -0.242. The van der Waals surface area contributed by atoms with Gasteiger partial charge in [-0.1, -0.05) is 51.9 Å². The summed E-state index contributed by atoms with van der Waals surface area (Å²) in [4.78, 5) is 166. The molecule has 0 radical (unpaired) electrons. The summed E-state index contributed by atoms with van der Waals surface area (Å²) >= 11 is 1.01. The summed E-state index contributed by atoms with van der Waals surface area (Å²) in [5, 5.41) is 23.3. The molecule has 2 heterocycles. The molecular weight excluding hydrogens is 1170 g/mol. The van der Waals surface area contributed by atoms with Gasteiger partial charge in [-0.15, -0.1) is 11.8 Å². The second kappa shape index (κ2) is 42.7. The van der Waals surface area contributed by atoms with Gasteiger partial charge in [0, 0.05) is 81.0 Å². The number of rotatable bonds is 31. The number of nitrogens with zero attached hydrogens (tertiary/aromatic N) is 1. The Hall–Kier alpha value is -6.02. The fraction of sp³-hybridized carbons (Fsp3) is 0.655. The van der Waals surface area contributed by atoms with Crippen molar-refractivity contribution in [1.82, 2.24) is 26.6 Å². The Kier molecular flexibility index (Phi) is 36.8. The van der Waals surface area contributed by atoms with Gasteiger partial charge in [-0.25, -0.2) is 0 Å². The van der Waals surface area contributed by atoms with Crippen molar-refractivity contribution >= 4 is 110 Å². The highest BCUT2D eigenvalue weighted by Crippen LogP contribution is 2.27. The van der Waals surface area contributed by atoms with E-state index in [0.717, 1.165) is 33.3 Å². The minimum atomic E-state index is -1.50. The van der Waals surface area contributed by atoms with E-state index in [4.69, 9.17) is 41.9 Å². The number of aliphatic carboxylic acids is 1. The lowest BCUT2D eigenvalue weighted by Gasteiger charge is -2.26. The fourth-order valence-electron chi connectivity index (χ4n) is 8.71. The van der Waals surface area contributed by atoms with E-state index in [-0.39, 0.29) is 139 Å². The molecule has 0 unspecified atom stereocenters. The third-order valence-corrected chi connectivity index (χ3v) is 16.6. The van der Waals surface area contributed by atoms with Crippen molar-refractivity contribution in [1.29, 1.82) is 0 Å². The number of carboxylic acids is 1. The third-order valence-electron chi connectivity index (χ3n) is 13.2. The zero-order valence-electron chi connectivity index (χ0n) is 47.9. The highest BCUT2D eigenvalue weighted by molar-refractivity contribution is 8.76. The number of ether oxygens (including phenoxy) is 4. The smallest absolute Gasteiger partial charge is 0.304 e. The van der Waals surface area contributed by atoms with E-state index < -0.39 is 139 Å². The van der Waals surface area contributed by atoms with Crippen molar-refractivity contribution in [2.45, 2.75) is 114 Å². The van der Waals surface area contributed by atoms with Crippen LogP contribution in [-0.4, -0.2) is 201 Å². The van der Waals surface area contributed by atoms with Gasteiger partial charge in [0.05, 0.1) is 69.2 Å². The lowest BCUT2D eigenvalue weighted by molar-refractivity contribution is -0.142. The summed E-state index contributed by atoms with van der Waals surface area (Å²) in [6.45, 7) is 0.589. The molecule has 0 spiro atoms. The van der Waals surface area contributed by atoms with Crippen LogP contribution < -0.4 is 49.5 Å². The zero-order chi connectivity index (χ0) is 62.4. The fourth-order valence-corrected chi connectivity index (χ4v) is 12.0. The molecule has 7 atom stereocenters. The predicted octanol–water partition coefficient (Wildman–Crippen LogP) is -0.940. The summed E-state index contributed by atoms with van der Waals surface area (Å²) in [7, 11) is 2.08. The number of aliphatic imine (C=N–C) groups is 1. The number of primary amides is 1. The number of unbranched alkanes of at least 4 members (excludes halogenated alkanes) is 1. The third kappa shape index (κ3) is 32.3. The Balaban J connectivity index is 1.92. The lowest BCUT2D eigenvalue weighted by atomic mass is 9.90. The first kappa shape index (κ1) is 73.2. The molecule has 85 heavy (non-hydrogen) atoms. The minimum Gasteiger partial charge on any atom is -0.481 e. The van der Waals surface area contributed by atoms with Crippen LogP contribution in [0.4, 0.5) is 0 Å². The van der Waals surface area contributed by atoms with E-state index in [1.165, 1.54) is 0 Å². The summed E-state index contributed by atoms with van der Waals surface area (Å²) in [5.74, 6) is -12.9. The van der Waals surface area contributed by atoms with Gasteiger partial charge < -0.3 is 73.6 Å². The van der Waals surface area contributed by atoms with Crippen LogP contribution in [0.5, 0.6) is 0 Å². The number of carboxylic acid groups (broad SMARTS) is 1. The van der Waals surface area contributed by atoms with E-state index in [2.05, 4.69) is 31.6 Å². The minimum absolute atomic E-state index is 0.00327. The van der Waals surface area contributed by atoms with Gasteiger partial charge in [0.25, 0.3) is 0 Å².